The second-order valence-corrected chi connectivity index (χ2v) is 7.99. The molecule has 162 valence electrons. The molecule has 8 heteroatoms. The van der Waals surface area contributed by atoms with Crippen molar-refractivity contribution in [2.45, 2.75) is 79.0 Å². The van der Waals surface area contributed by atoms with Gasteiger partial charge in [0.25, 0.3) is 0 Å². The van der Waals surface area contributed by atoms with Gasteiger partial charge in [0.2, 0.25) is 0 Å². The van der Waals surface area contributed by atoms with Crippen molar-refractivity contribution in [3.05, 3.63) is 0 Å². The third-order valence-electron chi connectivity index (χ3n) is 3.75. The number of ether oxygens (including phenoxy) is 1. The van der Waals surface area contributed by atoms with E-state index in [1.54, 1.807) is 7.05 Å². The molecule has 0 aliphatic heterocycles. The Morgan fingerprint density at radius 2 is 1.44 bits per heavy atom. The SMILES string of the molecule is CN=C(NCCCNC(=O)OC(C)(C)C)NCCCN(C(C)C)C(C)C.I. The van der Waals surface area contributed by atoms with E-state index in [0.29, 0.717) is 18.6 Å². The first-order valence-corrected chi connectivity index (χ1v) is 9.74. The van der Waals surface area contributed by atoms with E-state index in [1.165, 1.54) is 0 Å². The minimum absolute atomic E-state index is 0. The zero-order valence-electron chi connectivity index (χ0n) is 18.5. The molecule has 0 saturated carbocycles. The van der Waals surface area contributed by atoms with Gasteiger partial charge in [0.05, 0.1) is 0 Å². The fourth-order valence-electron chi connectivity index (χ4n) is 2.60. The van der Waals surface area contributed by atoms with Gasteiger partial charge in [0.1, 0.15) is 5.60 Å². The predicted octanol–water partition coefficient (Wildman–Crippen LogP) is 3.19. The lowest BCUT2D eigenvalue weighted by Crippen LogP contribution is -2.42. The molecule has 3 N–H and O–H groups in total. The van der Waals surface area contributed by atoms with E-state index in [1.807, 2.05) is 20.8 Å². The number of hydrogen-bond acceptors (Lipinski definition) is 4. The molecule has 7 nitrogen and oxygen atoms in total. The van der Waals surface area contributed by atoms with Crippen LogP contribution in [0.15, 0.2) is 4.99 Å². The molecule has 0 saturated heterocycles. The monoisotopic (exact) mass is 499 g/mol. The molecule has 0 aliphatic rings. The smallest absolute Gasteiger partial charge is 0.407 e. The van der Waals surface area contributed by atoms with Crippen molar-refractivity contribution < 1.29 is 9.53 Å². The summed E-state index contributed by atoms with van der Waals surface area (Å²) in [6.45, 7) is 17.8. The van der Waals surface area contributed by atoms with Gasteiger partial charge in [-0.05, 0) is 61.3 Å². The number of nitrogens with zero attached hydrogens (tertiary/aromatic N) is 2. The molecule has 0 atom stereocenters. The molecule has 0 unspecified atom stereocenters. The Hall–Kier alpha value is -0.770. The molecule has 27 heavy (non-hydrogen) atoms. The molecule has 0 aromatic carbocycles. The highest BCUT2D eigenvalue weighted by molar-refractivity contribution is 14.0. The maximum atomic E-state index is 11.5. The number of hydrogen-bond donors (Lipinski definition) is 3. The summed E-state index contributed by atoms with van der Waals surface area (Å²) >= 11 is 0. The van der Waals surface area contributed by atoms with Crippen LogP contribution in [0.5, 0.6) is 0 Å². The molecule has 0 aliphatic carbocycles. The van der Waals surface area contributed by atoms with E-state index in [2.05, 4.69) is 53.5 Å². The molecule has 0 spiro atoms. The maximum absolute atomic E-state index is 11.5. The van der Waals surface area contributed by atoms with Crippen LogP contribution in [0.25, 0.3) is 0 Å². The van der Waals surface area contributed by atoms with Gasteiger partial charge in [0.15, 0.2) is 5.96 Å². The van der Waals surface area contributed by atoms with Gasteiger partial charge in [-0.1, -0.05) is 0 Å². The molecule has 0 radical (unpaired) electrons. The van der Waals surface area contributed by atoms with Crippen LogP contribution >= 0.6 is 24.0 Å². The number of amides is 1. The highest BCUT2D eigenvalue weighted by Gasteiger charge is 2.15. The first kappa shape index (κ1) is 28.4. The van der Waals surface area contributed by atoms with Gasteiger partial charge < -0.3 is 20.7 Å². The largest absolute Gasteiger partial charge is 0.444 e. The van der Waals surface area contributed by atoms with E-state index < -0.39 is 5.60 Å². The zero-order chi connectivity index (χ0) is 20.2. The molecule has 0 aromatic rings. The standard InChI is InChI=1S/C19H41N5O2.HI/c1-15(2)24(16(3)4)14-10-13-22-17(20-8)21-11-9-12-23-18(25)26-19(5,6)7;/h15-16H,9-14H2,1-8H3,(H,23,25)(H2,20,21,22);1H. The van der Waals surface area contributed by atoms with Crippen LogP contribution in [-0.4, -0.2) is 67.9 Å². The Kier molecular flexibility index (Phi) is 16.0. The van der Waals surface area contributed by atoms with E-state index in [0.717, 1.165) is 38.4 Å². The number of rotatable bonds is 10. The van der Waals surface area contributed by atoms with Crippen molar-refractivity contribution in [2.24, 2.45) is 4.99 Å². The predicted molar refractivity (Wildman–Crippen MR) is 125 cm³/mol. The summed E-state index contributed by atoms with van der Waals surface area (Å²) in [6, 6.07) is 1.12. The van der Waals surface area contributed by atoms with Gasteiger partial charge in [-0.3, -0.25) is 9.89 Å². The van der Waals surface area contributed by atoms with Gasteiger partial charge in [-0.2, -0.15) is 0 Å². The maximum Gasteiger partial charge on any atom is 0.407 e. The van der Waals surface area contributed by atoms with Crippen LogP contribution in [-0.2, 0) is 4.74 Å². The lowest BCUT2D eigenvalue weighted by atomic mass is 10.2. The van der Waals surface area contributed by atoms with E-state index >= 15 is 0 Å². The molecular weight excluding hydrogens is 457 g/mol. The van der Waals surface area contributed by atoms with E-state index in [4.69, 9.17) is 4.74 Å². The highest BCUT2D eigenvalue weighted by atomic mass is 127. The minimum Gasteiger partial charge on any atom is -0.444 e. The fraction of sp³-hybridized carbons (Fsp3) is 0.895. The summed E-state index contributed by atoms with van der Waals surface area (Å²) in [5, 5.41) is 9.34. The zero-order valence-corrected chi connectivity index (χ0v) is 20.8. The third kappa shape index (κ3) is 15.9. The number of guanidine groups is 1. The summed E-state index contributed by atoms with van der Waals surface area (Å²) in [5.74, 6) is 0.794. The molecule has 0 bridgehead atoms. The second kappa shape index (κ2) is 15.2. The lowest BCUT2D eigenvalue weighted by molar-refractivity contribution is 0.0527. The number of aliphatic imine (C=N–C) groups is 1. The van der Waals surface area contributed by atoms with Crippen LogP contribution in [0.3, 0.4) is 0 Å². The van der Waals surface area contributed by atoms with Gasteiger partial charge in [-0.25, -0.2) is 4.79 Å². The van der Waals surface area contributed by atoms with Crippen LogP contribution < -0.4 is 16.0 Å². The first-order chi connectivity index (χ1) is 12.1. The number of carbonyl (C=O) groups is 1. The summed E-state index contributed by atoms with van der Waals surface area (Å²) in [4.78, 5) is 18.3. The third-order valence-corrected chi connectivity index (χ3v) is 3.75. The molecule has 0 fully saturated rings. The average molecular weight is 499 g/mol. The molecular formula is C19H42IN5O2. The number of halogens is 1. The van der Waals surface area contributed by atoms with Gasteiger partial charge >= 0.3 is 6.09 Å². The Balaban J connectivity index is 0. The minimum atomic E-state index is -0.463. The van der Waals surface area contributed by atoms with Crippen LogP contribution in [0.1, 0.15) is 61.3 Å². The summed E-state index contributed by atoms with van der Waals surface area (Å²) in [6.07, 6.45) is 1.49. The van der Waals surface area contributed by atoms with Crippen molar-refractivity contribution in [2.75, 3.05) is 33.2 Å². The van der Waals surface area contributed by atoms with Crippen molar-refractivity contribution in [3.63, 3.8) is 0 Å². The van der Waals surface area contributed by atoms with E-state index in [-0.39, 0.29) is 30.1 Å². The van der Waals surface area contributed by atoms with Crippen molar-refractivity contribution in [1.82, 2.24) is 20.9 Å². The highest BCUT2D eigenvalue weighted by Crippen LogP contribution is 2.06. The van der Waals surface area contributed by atoms with Crippen molar-refractivity contribution in [3.8, 4) is 0 Å². The van der Waals surface area contributed by atoms with Crippen LogP contribution in [0, 0.1) is 0 Å². The van der Waals surface area contributed by atoms with Gasteiger partial charge in [0, 0.05) is 45.3 Å². The lowest BCUT2D eigenvalue weighted by Gasteiger charge is -2.30. The van der Waals surface area contributed by atoms with Crippen molar-refractivity contribution in [1.29, 1.82) is 0 Å². The average Bonchev–Trinajstić information content (AvgIpc) is 2.49. The Morgan fingerprint density at radius 1 is 0.963 bits per heavy atom. The Bertz CT molecular complexity index is 415. The summed E-state index contributed by atoms with van der Waals surface area (Å²) in [7, 11) is 1.77. The van der Waals surface area contributed by atoms with Crippen LogP contribution in [0.4, 0.5) is 4.79 Å². The van der Waals surface area contributed by atoms with Gasteiger partial charge in [-0.15, -0.1) is 24.0 Å². The van der Waals surface area contributed by atoms with E-state index in [9.17, 15) is 4.79 Å². The quantitative estimate of drug-likeness (QED) is 0.186. The normalized spacial score (nSPS) is 12.2. The fourth-order valence-corrected chi connectivity index (χ4v) is 2.60. The number of alkyl carbamates (subject to hydrolysis) is 1. The van der Waals surface area contributed by atoms with Crippen molar-refractivity contribution >= 4 is 36.0 Å². The molecule has 1 amide bonds. The summed E-state index contributed by atoms with van der Waals surface area (Å²) < 4.78 is 5.19. The van der Waals surface area contributed by atoms with Crippen LogP contribution in [0.2, 0.25) is 0 Å². The molecule has 0 aromatic heterocycles. The Labute approximate surface area is 183 Å². The number of nitrogens with one attached hydrogen (secondary N) is 3. The second-order valence-electron chi connectivity index (χ2n) is 7.99. The summed E-state index contributed by atoms with van der Waals surface area (Å²) in [5.41, 5.74) is -0.463. The number of carbonyl (C=O) groups excluding carboxylic acids is 1. The molecule has 0 heterocycles. The molecule has 0 rings (SSSR count). The Morgan fingerprint density at radius 3 is 1.89 bits per heavy atom. The topological polar surface area (TPSA) is 78.0 Å². The first-order valence-electron chi connectivity index (χ1n) is 9.74.